The first-order chi connectivity index (χ1) is 15.1. The Kier molecular flexibility index (Phi) is 6.04. The number of carbonyl (C=O) groups excluding carboxylic acids is 1. The summed E-state index contributed by atoms with van der Waals surface area (Å²) in [6, 6.07) is 16.9. The van der Waals surface area contributed by atoms with Crippen molar-refractivity contribution >= 4 is 5.97 Å². The Bertz CT molecular complexity index is 1080. The molecule has 3 aromatic carbocycles. The van der Waals surface area contributed by atoms with E-state index in [1.807, 2.05) is 30.3 Å². The Hall–Kier alpha value is -3.58. The van der Waals surface area contributed by atoms with Gasteiger partial charge in [0.25, 0.3) is 0 Å². The quantitative estimate of drug-likeness (QED) is 0.530. The van der Waals surface area contributed by atoms with E-state index in [2.05, 4.69) is 0 Å². The van der Waals surface area contributed by atoms with E-state index in [1.54, 1.807) is 18.2 Å². The monoisotopic (exact) mass is 424 g/mol. The topological polar surface area (TPSA) is 63.2 Å². The molecule has 1 heterocycles. The van der Waals surface area contributed by atoms with Crippen molar-refractivity contribution in [1.82, 2.24) is 0 Å². The number of fused-ring (bicyclic) bond motifs is 1. The smallest absolute Gasteiger partial charge is 0.342 e. The summed E-state index contributed by atoms with van der Waals surface area (Å²) in [6.07, 6.45) is -0.629. The summed E-state index contributed by atoms with van der Waals surface area (Å²) in [7, 11) is 2.97. The molecular formula is C24H21FO6. The predicted molar refractivity (Wildman–Crippen MR) is 110 cm³/mol. The second kappa shape index (κ2) is 9.06. The summed E-state index contributed by atoms with van der Waals surface area (Å²) in [6.45, 7) is 0.00945. The van der Waals surface area contributed by atoms with Gasteiger partial charge < -0.3 is 23.7 Å². The van der Waals surface area contributed by atoms with Gasteiger partial charge in [-0.15, -0.1) is 0 Å². The van der Waals surface area contributed by atoms with E-state index in [4.69, 9.17) is 23.7 Å². The van der Waals surface area contributed by atoms with Gasteiger partial charge in [-0.25, -0.2) is 9.18 Å². The molecule has 0 N–H and O–H groups in total. The molecule has 0 aromatic heterocycles. The zero-order valence-corrected chi connectivity index (χ0v) is 17.1. The summed E-state index contributed by atoms with van der Waals surface area (Å²) < 4.78 is 41.7. The van der Waals surface area contributed by atoms with Crippen LogP contribution in [0, 0.1) is 5.82 Å². The van der Waals surface area contributed by atoms with Crippen LogP contribution >= 0.6 is 0 Å². The molecule has 6 nitrogen and oxygen atoms in total. The molecule has 0 unspecified atom stereocenters. The molecular weight excluding hydrogens is 403 g/mol. The number of benzene rings is 3. The Morgan fingerprint density at radius 1 is 1.06 bits per heavy atom. The van der Waals surface area contributed by atoms with Crippen molar-refractivity contribution < 1.29 is 32.9 Å². The molecule has 0 aliphatic carbocycles. The lowest BCUT2D eigenvalue weighted by molar-refractivity contribution is -0.112. The van der Waals surface area contributed by atoms with Crippen molar-refractivity contribution in [3.05, 3.63) is 88.7 Å². The van der Waals surface area contributed by atoms with Crippen molar-refractivity contribution in [3.63, 3.8) is 0 Å². The van der Waals surface area contributed by atoms with E-state index in [-0.39, 0.29) is 18.8 Å². The third-order valence-electron chi connectivity index (χ3n) is 4.88. The number of hydrogen-bond acceptors (Lipinski definition) is 6. The maximum absolute atomic E-state index is 14.1. The number of ether oxygens (including phenoxy) is 5. The second-order valence-electron chi connectivity index (χ2n) is 6.87. The van der Waals surface area contributed by atoms with Gasteiger partial charge in [-0.3, -0.25) is 0 Å². The molecule has 0 amide bonds. The van der Waals surface area contributed by atoms with Gasteiger partial charge >= 0.3 is 5.97 Å². The second-order valence-corrected chi connectivity index (χ2v) is 6.87. The highest BCUT2D eigenvalue weighted by Crippen LogP contribution is 2.37. The number of hydrogen-bond donors (Lipinski definition) is 0. The molecule has 1 atom stereocenters. The Balaban J connectivity index is 1.55. The van der Waals surface area contributed by atoms with Gasteiger partial charge in [-0.05, 0) is 24.3 Å². The van der Waals surface area contributed by atoms with Crippen LogP contribution in [0.3, 0.4) is 0 Å². The van der Waals surface area contributed by atoms with Crippen LogP contribution in [0.2, 0.25) is 0 Å². The molecule has 1 aliphatic heterocycles. The van der Waals surface area contributed by atoms with Gasteiger partial charge in [0.15, 0.2) is 0 Å². The van der Waals surface area contributed by atoms with Crippen LogP contribution < -0.4 is 14.2 Å². The summed E-state index contributed by atoms with van der Waals surface area (Å²) in [5.74, 6) is 0.254. The van der Waals surface area contributed by atoms with Crippen LogP contribution in [0.15, 0.2) is 60.7 Å². The molecule has 7 heteroatoms. The van der Waals surface area contributed by atoms with Crippen molar-refractivity contribution in [2.75, 3.05) is 14.2 Å². The van der Waals surface area contributed by atoms with E-state index in [9.17, 15) is 9.18 Å². The summed E-state index contributed by atoms with van der Waals surface area (Å²) >= 11 is 0. The highest BCUT2D eigenvalue weighted by molar-refractivity contribution is 5.92. The molecule has 0 spiro atoms. The fourth-order valence-corrected chi connectivity index (χ4v) is 3.35. The van der Waals surface area contributed by atoms with E-state index in [0.29, 0.717) is 28.4 Å². The lowest BCUT2D eigenvalue weighted by Crippen LogP contribution is -2.20. The average Bonchev–Trinajstić information content (AvgIpc) is 2.82. The molecule has 3 aromatic rings. The Morgan fingerprint density at radius 2 is 1.87 bits per heavy atom. The van der Waals surface area contributed by atoms with Crippen molar-refractivity contribution in [1.29, 1.82) is 0 Å². The normalized spacial score (nSPS) is 14.9. The molecule has 160 valence electrons. The Labute approximate surface area is 179 Å². The number of rotatable bonds is 6. The van der Waals surface area contributed by atoms with E-state index in [1.165, 1.54) is 26.4 Å². The zero-order valence-electron chi connectivity index (χ0n) is 17.1. The highest BCUT2D eigenvalue weighted by atomic mass is 19.1. The molecule has 1 aliphatic rings. The van der Waals surface area contributed by atoms with Gasteiger partial charge in [0, 0.05) is 22.8 Å². The van der Waals surface area contributed by atoms with Gasteiger partial charge in [0.2, 0.25) is 6.29 Å². The molecule has 4 rings (SSSR count). The first kappa shape index (κ1) is 20.7. The third-order valence-corrected chi connectivity index (χ3v) is 4.88. The maximum atomic E-state index is 14.1. The van der Waals surface area contributed by atoms with Gasteiger partial charge in [0.05, 0.1) is 20.8 Å². The number of esters is 1. The zero-order chi connectivity index (χ0) is 21.8. The van der Waals surface area contributed by atoms with Gasteiger partial charge in [0.1, 0.15) is 35.2 Å². The number of carbonyl (C=O) groups is 1. The fourth-order valence-electron chi connectivity index (χ4n) is 3.35. The molecule has 0 saturated carbocycles. The molecule has 31 heavy (non-hydrogen) atoms. The van der Waals surface area contributed by atoms with Crippen LogP contribution in [0.4, 0.5) is 4.39 Å². The number of methoxy groups -OCH3 is 2. The molecule has 0 radical (unpaired) electrons. The van der Waals surface area contributed by atoms with E-state index >= 15 is 0 Å². The van der Waals surface area contributed by atoms with Crippen molar-refractivity contribution in [2.24, 2.45) is 0 Å². The first-order valence-corrected chi connectivity index (χ1v) is 9.62. The lowest BCUT2D eigenvalue weighted by atomic mass is 10.1. The van der Waals surface area contributed by atoms with Crippen LogP contribution in [0.1, 0.15) is 33.3 Å². The third kappa shape index (κ3) is 4.46. The predicted octanol–water partition coefficient (Wildman–Crippen LogP) is 4.81. The number of halogens is 1. The van der Waals surface area contributed by atoms with Crippen LogP contribution in [0.5, 0.6) is 17.2 Å². The molecule has 0 fully saturated rings. The molecule has 0 saturated heterocycles. The van der Waals surface area contributed by atoms with Gasteiger partial charge in [-0.2, -0.15) is 0 Å². The largest absolute Gasteiger partial charge is 0.497 e. The fraction of sp³-hybridized carbons (Fsp3) is 0.208. The van der Waals surface area contributed by atoms with E-state index < -0.39 is 18.1 Å². The highest BCUT2D eigenvalue weighted by Gasteiger charge is 2.26. The minimum absolute atomic E-state index is 0.171. The van der Waals surface area contributed by atoms with Crippen molar-refractivity contribution in [3.8, 4) is 17.2 Å². The van der Waals surface area contributed by atoms with Gasteiger partial charge in [-0.1, -0.05) is 30.3 Å². The SMILES string of the molecule is COc1ccc(C(=O)OCc2cc(F)cc3c2O[C@@H](c2ccccc2)OC3)c(OC)c1. The lowest BCUT2D eigenvalue weighted by Gasteiger charge is -2.28. The van der Waals surface area contributed by atoms with Crippen LogP contribution in [-0.2, 0) is 22.7 Å². The maximum Gasteiger partial charge on any atom is 0.342 e. The Morgan fingerprint density at radius 3 is 2.61 bits per heavy atom. The molecule has 0 bridgehead atoms. The van der Waals surface area contributed by atoms with E-state index in [0.717, 1.165) is 5.56 Å². The first-order valence-electron chi connectivity index (χ1n) is 9.62. The minimum atomic E-state index is -0.629. The summed E-state index contributed by atoms with van der Waals surface area (Å²) in [5, 5.41) is 0. The minimum Gasteiger partial charge on any atom is -0.497 e. The average molecular weight is 424 g/mol. The summed E-state index contributed by atoms with van der Waals surface area (Å²) in [4.78, 5) is 12.6. The van der Waals surface area contributed by atoms with Crippen LogP contribution in [-0.4, -0.2) is 20.2 Å². The van der Waals surface area contributed by atoms with Crippen LogP contribution in [0.25, 0.3) is 0 Å². The summed E-state index contributed by atoms with van der Waals surface area (Å²) in [5.41, 5.74) is 2.05. The van der Waals surface area contributed by atoms with Crippen molar-refractivity contribution in [2.45, 2.75) is 19.5 Å². The standard InChI is InChI=1S/C24H21FO6/c1-27-19-8-9-20(21(12-19)28-2)23(26)29-13-16-10-18(25)11-17-14-30-24(31-22(16)17)15-6-4-3-5-7-15/h3-12,24H,13-14H2,1-2H3/t24-/m0/s1.